The highest BCUT2D eigenvalue weighted by atomic mass is 16.6. The van der Waals surface area contributed by atoms with Crippen molar-refractivity contribution in [2.24, 2.45) is 5.92 Å². The van der Waals surface area contributed by atoms with Crippen LogP contribution in [0.4, 0.5) is 0 Å². The van der Waals surface area contributed by atoms with Crippen LogP contribution in [0.15, 0.2) is 36.0 Å². The Morgan fingerprint density at radius 2 is 2.16 bits per heavy atom. The van der Waals surface area contributed by atoms with Gasteiger partial charge in [0, 0.05) is 13.0 Å². The van der Waals surface area contributed by atoms with Crippen molar-refractivity contribution >= 4 is 0 Å². The van der Waals surface area contributed by atoms with E-state index < -0.39 is 6.10 Å². The average Bonchev–Trinajstić information content (AvgIpc) is 3.12. The van der Waals surface area contributed by atoms with Crippen LogP contribution < -0.4 is 0 Å². The number of methoxy groups -OCH3 is 1. The van der Waals surface area contributed by atoms with Crippen LogP contribution in [-0.2, 0) is 9.47 Å². The van der Waals surface area contributed by atoms with Crippen molar-refractivity contribution < 1.29 is 14.6 Å². The first kappa shape index (κ1) is 14.5. The Morgan fingerprint density at radius 1 is 1.47 bits per heavy atom. The summed E-state index contributed by atoms with van der Waals surface area (Å²) >= 11 is 0. The van der Waals surface area contributed by atoms with Gasteiger partial charge in [-0.1, -0.05) is 36.0 Å². The molecule has 0 aromatic heterocycles. The summed E-state index contributed by atoms with van der Waals surface area (Å²) in [6.45, 7) is 8.67. The second-order valence-corrected chi connectivity index (χ2v) is 5.75. The van der Waals surface area contributed by atoms with Crippen molar-refractivity contribution in [1.29, 1.82) is 0 Å². The van der Waals surface area contributed by atoms with E-state index in [1.165, 1.54) is 5.57 Å². The Morgan fingerprint density at radius 3 is 2.68 bits per heavy atom. The smallest absolute Gasteiger partial charge is 0.101 e. The summed E-state index contributed by atoms with van der Waals surface area (Å²) in [5.74, 6) is 0.135. The van der Waals surface area contributed by atoms with E-state index in [0.29, 0.717) is 0 Å². The van der Waals surface area contributed by atoms with Gasteiger partial charge in [-0.05, 0) is 26.7 Å². The van der Waals surface area contributed by atoms with Gasteiger partial charge in [0.2, 0.25) is 0 Å². The maximum absolute atomic E-state index is 10.1. The quantitative estimate of drug-likeness (QED) is 0.627. The summed E-state index contributed by atoms with van der Waals surface area (Å²) in [6.07, 6.45) is 7.14. The maximum atomic E-state index is 10.1. The standard InChI is InChI=1S/C16H24O3/c1-11(2)6-5-7-12(3)14-15(18-4)13(17)8-9-16(14)10-19-16/h5-7,13-15,17H,1,8-10H2,2-4H3/b6-5+,12-7+/t13-,14+,15-,16+/m1/s1. The fourth-order valence-corrected chi connectivity index (χ4v) is 3.09. The first-order valence-corrected chi connectivity index (χ1v) is 6.85. The van der Waals surface area contributed by atoms with Crippen LogP contribution >= 0.6 is 0 Å². The summed E-state index contributed by atoms with van der Waals surface area (Å²) < 4.78 is 11.2. The zero-order chi connectivity index (χ0) is 14.0. The molecule has 1 saturated heterocycles. The van der Waals surface area contributed by atoms with E-state index in [9.17, 15) is 5.11 Å². The molecule has 19 heavy (non-hydrogen) atoms. The van der Waals surface area contributed by atoms with Crippen molar-refractivity contribution in [2.75, 3.05) is 13.7 Å². The highest BCUT2D eigenvalue weighted by Crippen LogP contribution is 2.49. The largest absolute Gasteiger partial charge is 0.390 e. The minimum Gasteiger partial charge on any atom is -0.390 e. The maximum Gasteiger partial charge on any atom is 0.101 e. The molecule has 3 heteroatoms. The number of aliphatic hydroxyl groups is 1. The van der Waals surface area contributed by atoms with E-state index in [0.717, 1.165) is 25.0 Å². The third kappa shape index (κ3) is 2.99. The van der Waals surface area contributed by atoms with Crippen molar-refractivity contribution in [1.82, 2.24) is 0 Å². The lowest BCUT2D eigenvalue weighted by atomic mass is 9.72. The number of epoxide rings is 1. The Labute approximate surface area is 115 Å². The van der Waals surface area contributed by atoms with Crippen LogP contribution in [-0.4, -0.2) is 36.6 Å². The molecule has 1 saturated carbocycles. The van der Waals surface area contributed by atoms with Gasteiger partial charge in [-0.3, -0.25) is 0 Å². The van der Waals surface area contributed by atoms with Gasteiger partial charge in [-0.15, -0.1) is 0 Å². The van der Waals surface area contributed by atoms with E-state index in [2.05, 4.69) is 19.6 Å². The third-order valence-electron chi connectivity index (χ3n) is 4.16. The minimum absolute atomic E-state index is 0.0996. The van der Waals surface area contributed by atoms with Crippen LogP contribution in [0.25, 0.3) is 0 Å². The van der Waals surface area contributed by atoms with Gasteiger partial charge in [-0.25, -0.2) is 0 Å². The van der Waals surface area contributed by atoms with E-state index in [1.54, 1.807) is 7.11 Å². The molecule has 2 fully saturated rings. The Kier molecular flexibility index (Phi) is 4.29. The molecule has 106 valence electrons. The molecule has 0 aromatic rings. The first-order chi connectivity index (χ1) is 9.00. The summed E-state index contributed by atoms with van der Waals surface area (Å²) in [5.41, 5.74) is 2.12. The number of ether oxygens (including phenoxy) is 2. The van der Waals surface area contributed by atoms with Crippen LogP contribution in [0, 0.1) is 5.92 Å². The molecule has 0 unspecified atom stereocenters. The number of rotatable bonds is 4. The highest BCUT2D eigenvalue weighted by Gasteiger charge is 2.58. The zero-order valence-electron chi connectivity index (χ0n) is 12.1. The van der Waals surface area contributed by atoms with Gasteiger partial charge in [0.1, 0.15) is 5.60 Å². The summed E-state index contributed by atoms with van der Waals surface area (Å²) in [5, 5.41) is 10.1. The van der Waals surface area contributed by atoms with Crippen molar-refractivity contribution in [3.05, 3.63) is 36.0 Å². The molecule has 0 amide bonds. The second kappa shape index (κ2) is 5.61. The molecule has 1 N–H and O–H groups in total. The lowest BCUT2D eigenvalue weighted by Crippen LogP contribution is -2.48. The number of hydrogen-bond donors (Lipinski definition) is 1. The highest BCUT2D eigenvalue weighted by molar-refractivity contribution is 5.26. The van der Waals surface area contributed by atoms with Crippen LogP contribution in [0.1, 0.15) is 26.7 Å². The van der Waals surface area contributed by atoms with Gasteiger partial charge in [0.05, 0.1) is 18.8 Å². The number of aliphatic hydroxyl groups excluding tert-OH is 1. The molecule has 1 heterocycles. The molecule has 0 aromatic carbocycles. The topological polar surface area (TPSA) is 42.0 Å². The molecular weight excluding hydrogens is 240 g/mol. The van der Waals surface area contributed by atoms with Crippen LogP contribution in [0.3, 0.4) is 0 Å². The Hall–Kier alpha value is -0.900. The zero-order valence-corrected chi connectivity index (χ0v) is 12.1. The van der Waals surface area contributed by atoms with Gasteiger partial charge in [-0.2, -0.15) is 0 Å². The number of allylic oxidation sites excluding steroid dienone is 4. The van der Waals surface area contributed by atoms with E-state index >= 15 is 0 Å². The third-order valence-corrected chi connectivity index (χ3v) is 4.16. The number of hydrogen-bond acceptors (Lipinski definition) is 3. The van der Waals surface area contributed by atoms with Gasteiger partial charge >= 0.3 is 0 Å². The minimum atomic E-state index is -0.404. The predicted octanol–water partition coefficient (Wildman–Crippen LogP) is 2.62. The molecule has 1 aliphatic heterocycles. The Balaban J connectivity index is 2.20. The SMILES string of the molecule is C=C(C)/C=C/C=C(\C)[C@H]1[C@H](OC)[C@H](O)CC[C@]12CO2. The summed E-state index contributed by atoms with van der Waals surface area (Å²) in [7, 11) is 1.67. The first-order valence-electron chi connectivity index (χ1n) is 6.85. The summed E-state index contributed by atoms with van der Waals surface area (Å²) in [4.78, 5) is 0. The molecule has 1 aliphatic carbocycles. The van der Waals surface area contributed by atoms with E-state index in [1.807, 2.05) is 19.1 Å². The fourth-order valence-electron chi connectivity index (χ4n) is 3.09. The predicted molar refractivity (Wildman–Crippen MR) is 75.9 cm³/mol. The molecule has 2 aliphatic rings. The fraction of sp³-hybridized carbons (Fsp3) is 0.625. The van der Waals surface area contributed by atoms with Gasteiger partial charge in [0.25, 0.3) is 0 Å². The lowest BCUT2D eigenvalue weighted by molar-refractivity contribution is -0.0849. The molecular formula is C16H24O3. The lowest BCUT2D eigenvalue weighted by Gasteiger charge is -2.39. The molecule has 2 rings (SSSR count). The van der Waals surface area contributed by atoms with Crippen molar-refractivity contribution in [3.8, 4) is 0 Å². The second-order valence-electron chi connectivity index (χ2n) is 5.75. The van der Waals surface area contributed by atoms with Crippen LogP contribution in [0.5, 0.6) is 0 Å². The molecule has 0 bridgehead atoms. The Bertz CT molecular complexity index is 404. The summed E-state index contributed by atoms with van der Waals surface area (Å²) in [6, 6.07) is 0. The van der Waals surface area contributed by atoms with Crippen molar-refractivity contribution in [2.45, 2.75) is 44.5 Å². The van der Waals surface area contributed by atoms with Gasteiger partial charge < -0.3 is 14.6 Å². The van der Waals surface area contributed by atoms with Crippen molar-refractivity contribution in [3.63, 3.8) is 0 Å². The molecule has 4 atom stereocenters. The van der Waals surface area contributed by atoms with E-state index in [4.69, 9.17) is 9.47 Å². The average molecular weight is 264 g/mol. The van der Waals surface area contributed by atoms with Gasteiger partial charge in [0.15, 0.2) is 0 Å². The monoisotopic (exact) mass is 264 g/mol. The normalized spacial score (nSPS) is 38.9. The van der Waals surface area contributed by atoms with Crippen LogP contribution in [0.2, 0.25) is 0 Å². The molecule has 0 radical (unpaired) electrons. The molecule has 3 nitrogen and oxygen atoms in total. The van der Waals surface area contributed by atoms with E-state index in [-0.39, 0.29) is 17.6 Å². The molecule has 1 spiro atoms.